The molecule has 0 unspecified atom stereocenters. The molecule has 8 heteroatoms. The van der Waals surface area contributed by atoms with Gasteiger partial charge in [-0.15, -0.1) is 0 Å². The van der Waals surface area contributed by atoms with Crippen LogP contribution in [0.5, 0.6) is 0 Å². The molecule has 2 heterocycles. The zero-order chi connectivity index (χ0) is 21.2. The fourth-order valence-corrected chi connectivity index (χ4v) is 4.32. The predicted molar refractivity (Wildman–Crippen MR) is 109 cm³/mol. The molecule has 0 radical (unpaired) electrons. The standard InChI is InChI=1S/C21H28N4O4/c1-4-10-21(11-5-2)19(28)24(20(29)23-21)13-18(27)25-14(3)12-17(26)22-15-8-6-7-9-16(15)25/h6-9,14H,4-5,10-13H2,1-3H3,(H,22,26)(H,23,29)/t14-/m0/s1. The highest BCUT2D eigenvalue weighted by Gasteiger charge is 2.50. The molecular formula is C21H28N4O4. The highest BCUT2D eigenvalue weighted by Crippen LogP contribution is 2.32. The van der Waals surface area contributed by atoms with Crippen LogP contribution in [-0.2, 0) is 14.4 Å². The van der Waals surface area contributed by atoms with Gasteiger partial charge < -0.3 is 15.5 Å². The van der Waals surface area contributed by atoms with Crippen LogP contribution in [-0.4, -0.2) is 46.8 Å². The summed E-state index contributed by atoms with van der Waals surface area (Å²) in [5, 5.41) is 5.63. The SMILES string of the molecule is CCCC1(CCC)NC(=O)N(CC(=O)N2c3ccccc3NC(=O)C[C@@H]2C)C1=O. The summed E-state index contributed by atoms with van der Waals surface area (Å²) >= 11 is 0. The number of fused-ring (bicyclic) bond motifs is 1. The van der Waals surface area contributed by atoms with E-state index in [2.05, 4.69) is 10.6 Å². The van der Waals surface area contributed by atoms with E-state index in [1.54, 1.807) is 31.2 Å². The Balaban J connectivity index is 1.87. The van der Waals surface area contributed by atoms with E-state index in [1.165, 1.54) is 4.90 Å². The normalized spacial score (nSPS) is 20.8. The summed E-state index contributed by atoms with van der Waals surface area (Å²) in [5.41, 5.74) is 0.177. The Morgan fingerprint density at radius 1 is 1.14 bits per heavy atom. The number of carbonyl (C=O) groups is 4. The van der Waals surface area contributed by atoms with Crippen molar-refractivity contribution in [1.29, 1.82) is 0 Å². The highest BCUT2D eigenvalue weighted by atomic mass is 16.2. The van der Waals surface area contributed by atoms with E-state index in [1.807, 2.05) is 13.8 Å². The summed E-state index contributed by atoms with van der Waals surface area (Å²) in [6.07, 6.45) is 2.71. The van der Waals surface area contributed by atoms with Crippen molar-refractivity contribution >= 4 is 35.1 Å². The number of benzene rings is 1. The van der Waals surface area contributed by atoms with Crippen LogP contribution in [0.1, 0.15) is 52.9 Å². The lowest BCUT2D eigenvalue weighted by molar-refractivity contribution is -0.135. The van der Waals surface area contributed by atoms with E-state index in [4.69, 9.17) is 0 Å². The topological polar surface area (TPSA) is 98.8 Å². The number of urea groups is 1. The molecule has 156 valence electrons. The minimum atomic E-state index is -0.930. The molecule has 8 nitrogen and oxygen atoms in total. The average molecular weight is 400 g/mol. The second-order valence-corrected chi connectivity index (χ2v) is 7.79. The van der Waals surface area contributed by atoms with Gasteiger partial charge in [-0.3, -0.25) is 19.3 Å². The molecule has 1 aromatic carbocycles. The quantitative estimate of drug-likeness (QED) is 0.717. The highest BCUT2D eigenvalue weighted by molar-refractivity contribution is 6.11. The van der Waals surface area contributed by atoms with Gasteiger partial charge in [0, 0.05) is 12.5 Å². The first-order chi connectivity index (χ1) is 13.8. The van der Waals surface area contributed by atoms with E-state index in [9.17, 15) is 19.2 Å². The zero-order valence-electron chi connectivity index (χ0n) is 17.2. The second kappa shape index (κ2) is 8.23. The molecule has 2 aliphatic rings. The van der Waals surface area contributed by atoms with Gasteiger partial charge in [0.15, 0.2) is 0 Å². The summed E-state index contributed by atoms with van der Waals surface area (Å²) < 4.78 is 0. The molecule has 29 heavy (non-hydrogen) atoms. The number of anilines is 2. The van der Waals surface area contributed by atoms with Crippen molar-refractivity contribution in [2.45, 2.75) is 64.5 Å². The lowest BCUT2D eigenvalue weighted by Crippen LogP contribution is -2.49. The smallest absolute Gasteiger partial charge is 0.324 e. The maximum atomic E-state index is 13.2. The molecule has 2 N–H and O–H groups in total. The average Bonchev–Trinajstić information content (AvgIpc) is 2.80. The van der Waals surface area contributed by atoms with Crippen molar-refractivity contribution in [2.75, 3.05) is 16.8 Å². The van der Waals surface area contributed by atoms with Crippen LogP contribution in [0.25, 0.3) is 0 Å². The van der Waals surface area contributed by atoms with Crippen LogP contribution >= 0.6 is 0 Å². The number of nitrogens with one attached hydrogen (secondary N) is 2. The lowest BCUT2D eigenvalue weighted by atomic mass is 9.88. The summed E-state index contributed by atoms with van der Waals surface area (Å²) in [4.78, 5) is 53.5. The van der Waals surface area contributed by atoms with Gasteiger partial charge in [0.05, 0.1) is 11.4 Å². The van der Waals surface area contributed by atoms with Crippen LogP contribution in [0, 0.1) is 0 Å². The molecule has 1 saturated heterocycles. The number of rotatable bonds is 6. The number of carbonyl (C=O) groups excluding carboxylic acids is 4. The third kappa shape index (κ3) is 3.83. The van der Waals surface area contributed by atoms with Crippen LogP contribution in [0.4, 0.5) is 16.2 Å². The zero-order valence-corrected chi connectivity index (χ0v) is 17.2. The first-order valence-electron chi connectivity index (χ1n) is 10.2. The molecule has 0 bridgehead atoms. The Morgan fingerprint density at radius 3 is 2.45 bits per heavy atom. The Morgan fingerprint density at radius 2 is 1.79 bits per heavy atom. The summed E-state index contributed by atoms with van der Waals surface area (Å²) in [6.45, 7) is 5.35. The number of para-hydroxylation sites is 2. The van der Waals surface area contributed by atoms with E-state index in [-0.39, 0.29) is 24.8 Å². The predicted octanol–water partition coefficient (Wildman–Crippen LogP) is 2.64. The van der Waals surface area contributed by atoms with E-state index >= 15 is 0 Å². The molecule has 1 fully saturated rings. The first kappa shape index (κ1) is 20.8. The largest absolute Gasteiger partial charge is 0.325 e. The van der Waals surface area contributed by atoms with E-state index in [0.717, 1.165) is 17.7 Å². The number of nitrogens with zero attached hydrogens (tertiary/aromatic N) is 2. The molecule has 0 aliphatic carbocycles. The number of amides is 5. The molecule has 3 rings (SSSR count). The van der Waals surface area contributed by atoms with Gasteiger partial charge in [-0.05, 0) is 31.9 Å². The molecule has 0 aromatic heterocycles. The molecule has 0 spiro atoms. The maximum Gasteiger partial charge on any atom is 0.325 e. The third-order valence-corrected chi connectivity index (χ3v) is 5.52. The van der Waals surface area contributed by atoms with Crippen molar-refractivity contribution < 1.29 is 19.2 Å². The van der Waals surface area contributed by atoms with Crippen molar-refractivity contribution in [2.24, 2.45) is 0 Å². The Bertz CT molecular complexity index is 832. The molecule has 0 saturated carbocycles. The fraction of sp³-hybridized carbons (Fsp3) is 0.524. The Kier molecular flexibility index (Phi) is 5.91. The molecule has 5 amide bonds. The van der Waals surface area contributed by atoms with Gasteiger partial charge >= 0.3 is 6.03 Å². The molecule has 1 aromatic rings. The Labute approximate surface area is 170 Å². The van der Waals surface area contributed by atoms with Crippen molar-refractivity contribution in [3.8, 4) is 0 Å². The minimum absolute atomic E-state index is 0.135. The van der Waals surface area contributed by atoms with Crippen molar-refractivity contribution in [3.05, 3.63) is 24.3 Å². The van der Waals surface area contributed by atoms with Crippen molar-refractivity contribution in [3.63, 3.8) is 0 Å². The minimum Gasteiger partial charge on any atom is -0.324 e. The van der Waals surface area contributed by atoms with Crippen LogP contribution in [0.15, 0.2) is 24.3 Å². The number of hydrogen-bond acceptors (Lipinski definition) is 4. The molecule has 2 aliphatic heterocycles. The van der Waals surface area contributed by atoms with E-state index in [0.29, 0.717) is 24.2 Å². The van der Waals surface area contributed by atoms with Crippen LogP contribution in [0.2, 0.25) is 0 Å². The second-order valence-electron chi connectivity index (χ2n) is 7.79. The van der Waals surface area contributed by atoms with E-state index < -0.39 is 23.5 Å². The number of hydrogen-bond donors (Lipinski definition) is 2. The third-order valence-electron chi connectivity index (χ3n) is 5.52. The summed E-state index contributed by atoms with van der Waals surface area (Å²) in [6, 6.07) is 6.11. The van der Waals surface area contributed by atoms with Gasteiger partial charge in [-0.1, -0.05) is 38.8 Å². The molecule has 1 atom stereocenters. The van der Waals surface area contributed by atoms with Gasteiger partial charge in [0.25, 0.3) is 5.91 Å². The van der Waals surface area contributed by atoms with Gasteiger partial charge in [0.2, 0.25) is 11.8 Å². The lowest BCUT2D eigenvalue weighted by Gasteiger charge is -2.29. The maximum absolute atomic E-state index is 13.2. The molecular weight excluding hydrogens is 372 g/mol. The Hall–Kier alpha value is -2.90. The first-order valence-corrected chi connectivity index (χ1v) is 10.2. The fourth-order valence-electron chi connectivity index (χ4n) is 4.32. The summed E-state index contributed by atoms with van der Waals surface area (Å²) in [7, 11) is 0. The van der Waals surface area contributed by atoms with Crippen molar-refractivity contribution in [1.82, 2.24) is 10.2 Å². The van der Waals surface area contributed by atoms with Crippen LogP contribution in [0.3, 0.4) is 0 Å². The van der Waals surface area contributed by atoms with Gasteiger partial charge in [-0.25, -0.2) is 4.79 Å². The number of imide groups is 1. The van der Waals surface area contributed by atoms with Crippen LogP contribution < -0.4 is 15.5 Å². The monoisotopic (exact) mass is 400 g/mol. The van der Waals surface area contributed by atoms with Gasteiger partial charge in [-0.2, -0.15) is 0 Å². The summed E-state index contributed by atoms with van der Waals surface area (Å²) in [5.74, 6) is -0.918. The van der Waals surface area contributed by atoms with Gasteiger partial charge in [0.1, 0.15) is 12.1 Å².